The fraction of sp³-hybridized carbons (Fsp3) is 0.391. The summed E-state index contributed by atoms with van der Waals surface area (Å²) >= 11 is 1.40. The van der Waals surface area contributed by atoms with Crippen LogP contribution in [0, 0.1) is 5.92 Å². The molecule has 1 heterocycles. The minimum absolute atomic E-state index is 0.0195. The van der Waals surface area contributed by atoms with Crippen molar-refractivity contribution in [2.24, 2.45) is 5.92 Å². The van der Waals surface area contributed by atoms with E-state index in [1.165, 1.54) is 30.0 Å². The highest BCUT2D eigenvalue weighted by Gasteiger charge is 2.22. The second kappa shape index (κ2) is 11.0. The van der Waals surface area contributed by atoms with Crippen molar-refractivity contribution < 1.29 is 22.7 Å². The molecule has 178 valence electrons. The van der Waals surface area contributed by atoms with Crippen molar-refractivity contribution in [3.63, 3.8) is 0 Å². The van der Waals surface area contributed by atoms with E-state index >= 15 is 0 Å². The molecular weight excluding hydrogens is 462 g/mol. The Morgan fingerprint density at radius 1 is 1.15 bits per heavy atom. The number of rotatable bonds is 9. The quantitative estimate of drug-likeness (QED) is 0.461. The van der Waals surface area contributed by atoms with Gasteiger partial charge in [-0.1, -0.05) is 26.0 Å². The largest absolute Gasteiger partial charge is 0.376 e. The first-order valence-electron chi connectivity index (χ1n) is 10.7. The molecule has 3 rings (SSSR count). The molecule has 2 amide bonds. The fourth-order valence-corrected chi connectivity index (χ4v) is 4.95. The molecule has 2 aromatic carbocycles. The Morgan fingerprint density at radius 3 is 2.58 bits per heavy atom. The molecule has 1 aliphatic rings. The highest BCUT2D eigenvalue weighted by atomic mass is 32.2. The summed E-state index contributed by atoms with van der Waals surface area (Å²) in [7, 11) is -4.02. The van der Waals surface area contributed by atoms with Crippen LogP contribution >= 0.6 is 11.8 Å². The van der Waals surface area contributed by atoms with E-state index < -0.39 is 10.0 Å². The molecule has 1 fully saturated rings. The minimum atomic E-state index is -4.02. The molecule has 0 aliphatic carbocycles. The zero-order chi connectivity index (χ0) is 24.0. The first-order chi connectivity index (χ1) is 15.7. The first kappa shape index (κ1) is 25.1. The molecule has 1 aliphatic heterocycles. The van der Waals surface area contributed by atoms with Crippen LogP contribution in [0.5, 0.6) is 0 Å². The van der Waals surface area contributed by atoms with E-state index in [1.54, 1.807) is 38.1 Å². The van der Waals surface area contributed by atoms with Gasteiger partial charge in [0.1, 0.15) is 0 Å². The van der Waals surface area contributed by atoms with E-state index in [1.807, 2.05) is 6.26 Å². The van der Waals surface area contributed by atoms with Gasteiger partial charge in [0, 0.05) is 24.0 Å². The number of thioether (sulfide) groups is 1. The SMILES string of the molecule is CSc1ccc(S(=O)(=O)Nc2ccccc2C(=O)NCC2CCCO2)cc1NC(=O)C(C)C. The maximum absolute atomic E-state index is 13.1. The lowest BCUT2D eigenvalue weighted by molar-refractivity contribution is -0.118. The van der Waals surface area contributed by atoms with Crippen LogP contribution in [0.4, 0.5) is 11.4 Å². The summed E-state index contributed by atoms with van der Waals surface area (Å²) in [6, 6.07) is 11.0. The third kappa shape index (κ3) is 6.49. The van der Waals surface area contributed by atoms with Gasteiger partial charge in [-0.2, -0.15) is 0 Å². The number of ether oxygens (including phenoxy) is 1. The minimum Gasteiger partial charge on any atom is -0.376 e. The number of nitrogens with one attached hydrogen (secondary N) is 3. The lowest BCUT2D eigenvalue weighted by Crippen LogP contribution is -2.32. The maximum atomic E-state index is 13.1. The molecule has 10 heteroatoms. The van der Waals surface area contributed by atoms with Crippen molar-refractivity contribution in [2.45, 2.75) is 42.6 Å². The van der Waals surface area contributed by atoms with Gasteiger partial charge < -0.3 is 15.4 Å². The van der Waals surface area contributed by atoms with Crippen LogP contribution in [0.25, 0.3) is 0 Å². The molecule has 1 unspecified atom stereocenters. The first-order valence-corrected chi connectivity index (χ1v) is 13.4. The smallest absolute Gasteiger partial charge is 0.261 e. The predicted octanol–water partition coefficient (Wildman–Crippen LogP) is 3.71. The van der Waals surface area contributed by atoms with Gasteiger partial charge >= 0.3 is 0 Å². The number of benzene rings is 2. The molecule has 0 saturated carbocycles. The molecule has 0 aromatic heterocycles. The van der Waals surface area contributed by atoms with Gasteiger partial charge in [0.25, 0.3) is 15.9 Å². The van der Waals surface area contributed by atoms with E-state index in [4.69, 9.17) is 4.74 Å². The second-order valence-electron chi connectivity index (χ2n) is 8.00. The molecule has 8 nitrogen and oxygen atoms in total. The van der Waals surface area contributed by atoms with Crippen LogP contribution in [-0.4, -0.2) is 45.7 Å². The third-order valence-corrected chi connectivity index (χ3v) is 7.35. The van der Waals surface area contributed by atoms with Gasteiger partial charge in [0.05, 0.1) is 27.9 Å². The summed E-state index contributed by atoms with van der Waals surface area (Å²) in [4.78, 5) is 25.6. The molecule has 0 radical (unpaired) electrons. The van der Waals surface area contributed by atoms with Crippen molar-refractivity contribution in [1.82, 2.24) is 5.32 Å². The number of amides is 2. The highest BCUT2D eigenvalue weighted by Crippen LogP contribution is 2.30. The monoisotopic (exact) mass is 491 g/mol. The van der Waals surface area contributed by atoms with Gasteiger partial charge in [0.15, 0.2) is 0 Å². The molecule has 33 heavy (non-hydrogen) atoms. The zero-order valence-electron chi connectivity index (χ0n) is 18.9. The molecular formula is C23H29N3O5S2. The number of sulfonamides is 1. The Balaban J connectivity index is 1.82. The lowest BCUT2D eigenvalue weighted by atomic mass is 10.1. The standard InChI is InChI=1S/C23H29N3O5S2/c1-15(2)22(27)25-20-13-17(10-11-21(20)32-3)33(29,30)26-19-9-5-4-8-18(19)23(28)24-14-16-7-6-12-31-16/h4-5,8-11,13,15-16,26H,6-7,12,14H2,1-3H3,(H,24,28)(H,25,27). The third-order valence-electron chi connectivity index (χ3n) is 5.19. The number of carbonyl (C=O) groups is 2. The topological polar surface area (TPSA) is 114 Å². The van der Waals surface area contributed by atoms with Gasteiger partial charge in [-0.05, 0) is 49.4 Å². The number of hydrogen-bond acceptors (Lipinski definition) is 6. The molecule has 3 N–H and O–H groups in total. The number of para-hydroxylation sites is 1. The Bertz CT molecular complexity index is 1110. The Hall–Kier alpha value is -2.56. The van der Waals surface area contributed by atoms with Crippen LogP contribution < -0.4 is 15.4 Å². The van der Waals surface area contributed by atoms with Crippen LogP contribution in [0.2, 0.25) is 0 Å². The summed E-state index contributed by atoms with van der Waals surface area (Å²) in [6.07, 6.45) is 3.67. The molecule has 1 saturated heterocycles. The van der Waals surface area contributed by atoms with Crippen molar-refractivity contribution in [2.75, 3.05) is 29.4 Å². The summed E-state index contributed by atoms with van der Waals surface area (Å²) < 4.78 is 34.3. The van der Waals surface area contributed by atoms with Gasteiger partial charge in [0.2, 0.25) is 5.91 Å². The summed E-state index contributed by atoms with van der Waals surface area (Å²) in [6.45, 7) is 4.58. The van der Waals surface area contributed by atoms with Gasteiger partial charge in [-0.3, -0.25) is 14.3 Å². The number of carbonyl (C=O) groups excluding carboxylic acids is 2. The van der Waals surface area contributed by atoms with E-state index in [-0.39, 0.29) is 40.0 Å². The zero-order valence-corrected chi connectivity index (χ0v) is 20.5. The highest BCUT2D eigenvalue weighted by molar-refractivity contribution is 7.98. The number of anilines is 2. The summed E-state index contributed by atoms with van der Waals surface area (Å²) in [5.74, 6) is -0.842. The Kier molecular flexibility index (Phi) is 8.39. The van der Waals surface area contributed by atoms with Crippen molar-refractivity contribution in [3.05, 3.63) is 48.0 Å². The summed E-state index contributed by atoms with van der Waals surface area (Å²) in [5.41, 5.74) is 0.809. The lowest BCUT2D eigenvalue weighted by Gasteiger charge is -2.16. The fourth-order valence-electron chi connectivity index (χ4n) is 3.31. The number of hydrogen-bond donors (Lipinski definition) is 3. The maximum Gasteiger partial charge on any atom is 0.261 e. The Morgan fingerprint density at radius 2 is 1.91 bits per heavy atom. The van der Waals surface area contributed by atoms with Crippen LogP contribution in [0.3, 0.4) is 0 Å². The van der Waals surface area contributed by atoms with Crippen molar-refractivity contribution in [1.29, 1.82) is 0 Å². The molecule has 2 aromatic rings. The van der Waals surface area contributed by atoms with Crippen molar-refractivity contribution in [3.8, 4) is 0 Å². The van der Waals surface area contributed by atoms with E-state index in [9.17, 15) is 18.0 Å². The average Bonchev–Trinajstić information content (AvgIpc) is 3.31. The van der Waals surface area contributed by atoms with Gasteiger partial charge in [-0.15, -0.1) is 11.8 Å². The summed E-state index contributed by atoms with van der Waals surface area (Å²) in [5, 5.41) is 5.60. The van der Waals surface area contributed by atoms with E-state index in [0.29, 0.717) is 18.8 Å². The van der Waals surface area contributed by atoms with Crippen LogP contribution in [0.15, 0.2) is 52.3 Å². The van der Waals surface area contributed by atoms with Crippen molar-refractivity contribution >= 4 is 45.0 Å². The van der Waals surface area contributed by atoms with Gasteiger partial charge in [-0.25, -0.2) is 8.42 Å². The second-order valence-corrected chi connectivity index (χ2v) is 10.5. The Labute approximate surface area is 198 Å². The molecule has 0 spiro atoms. The normalized spacial score (nSPS) is 15.9. The van der Waals surface area contributed by atoms with Crippen LogP contribution in [-0.2, 0) is 19.6 Å². The molecule has 0 bridgehead atoms. The average molecular weight is 492 g/mol. The van der Waals surface area contributed by atoms with Crippen LogP contribution in [0.1, 0.15) is 37.0 Å². The van der Waals surface area contributed by atoms with E-state index in [2.05, 4.69) is 15.4 Å². The van der Waals surface area contributed by atoms with E-state index in [0.717, 1.165) is 17.7 Å². The predicted molar refractivity (Wildman–Crippen MR) is 130 cm³/mol. The molecule has 1 atom stereocenters.